The monoisotopic (exact) mass is 113 g/mol. The highest BCUT2D eigenvalue weighted by molar-refractivity contribution is 8.02. The Morgan fingerprint density at radius 2 is 2.71 bits per heavy atom. The van der Waals surface area contributed by atoms with Gasteiger partial charge in [-0.1, -0.05) is 0 Å². The lowest BCUT2D eigenvalue weighted by Crippen LogP contribution is -1.56. The summed E-state index contributed by atoms with van der Waals surface area (Å²) in [5, 5.41) is 1.15. The molecule has 1 nitrogen and oxygen atoms in total. The summed E-state index contributed by atoms with van der Waals surface area (Å²) in [6.07, 6.45) is 7.10. The Morgan fingerprint density at radius 1 is 1.86 bits per heavy atom. The highest BCUT2D eigenvalue weighted by Gasteiger charge is 1.92. The average molecular weight is 113 g/mol. The van der Waals surface area contributed by atoms with Crippen molar-refractivity contribution in [3.63, 3.8) is 0 Å². The third kappa shape index (κ3) is 1.06. The number of allylic oxidation sites excluding steroid dienone is 1. The molecule has 0 fully saturated rings. The van der Waals surface area contributed by atoms with Crippen molar-refractivity contribution in [2.45, 2.75) is 6.42 Å². The fraction of sp³-hybridized carbons (Fsp3) is 0.400. The van der Waals surface area contributed by atoms with Gasteiger partial charge in [0.1, 0.15) is 0 Å². The van der Waals surface area contributed by atoms with Crippen molar-refractivity contribution in [1.29, 1.82) is 0 Å². The summed E-state index contributed by atoms with van der Waals surface area (Å²) in [7, 11) is 0. The van der Waals surface area contributed by atoms with Crippen molar-refractivity contribution in [3.8, 4) is 0 Å². The first-order valence-corrected chi connectivity index (χ1v) is 3.42. The van der Waals surface area contributed by atoms with E-state index in [1.807, 2.05) is 12.5 Å². The summed E-state index contributed by atoms with van der Waals surface area (Å²) in [6, 6.07) is 0. The highest BCUT2D eigenvalue weighted by Crippen LogP contribution is 2.16. The Morgan fingerprint density at radius 3 is 3.00 bits per heavy atom. The van der Waals surface area contributed by atoms with Gasteiger partial charge in [0, 0.05) is 12.6 Å². The molecule has 0 saturated heterocycles. The van der Waals surface area contributed by atoms with Crippen LogP contribution in [0.1, 0.15) is 6.42 Å². The Bertz CT molecular complexity index is 115. The molecule has 0 aromatic rings. The zero-order chi connectivity index (χ0) is 5.11. The molecule has 0 N–H and O–H groups in total. The van der Waals surface area contributed by atoms with E-state index in [0.29, 0.717) is 0 Å². The maximum Gasteiger partial charge on any atom is 0.0917 e. The molecule has 38 valence electrons. The van der Waals surface area contributed by atoms with Gasteiger partial charge in [-0.25, -0.2) is 0 Å². The Labute approximate surface area is 47.5 Å². The second-order valence-electron chi connectivity index (χ2n) is 1.29. The summed E-state index contributed by atoms with van der Waals surface area (Å²) >= 11 is 1.70. The molecule has 1 heterocycles. The minimum absolute atomic E-state index is 1.02. The van der Waals surface area contributed by atoms with E-state index in [9.17, 15) is 0 Å². The number of thioether (sulfide) groups is 1. The maximum absolute atomic E-state index is 4.05. The van der Waals surface area contributed by atoms with E-state index in [0.717, 1.165) is 11.4 Å². The summed E-state index contributed by atoms with van der Waals surface area (Å²) in [6.45, 7) is 0. The highest BCUT2D eigenvalue weighted by atomic mass is 32.2. The molecule has 1 rings (SSSR count). The molecule has 1 aliphatic heterocycles. The lowest BCUT2D eigenvalue weighted by Gasteiger charge is -1.83. The molecule has 0 radical (unpaired) electrons. The van der Waals surface area contributed by atoms with E-state index in [1.165, 1.54) is 0 Å². The summed E-state index contributed by atoms with van der Waals surface area (Å²) in [5.41, 5.74) is 0. The van der Waals surface area contributed by atoms with Gasteiger partial charge in [-0.3, -0.25) is 4.99 Å². The van der Waals surface area contributed by atoms with Crippen molar-refractivity contribution < 1.29 is 0 Å². The molecule has 1 aliphatic rings. The van der Waals surface area contributed by atoms with E-state index >= 15 is 0 Å². The van der Waals surface area contributed by atoms with E-state index in [2.05, 4.69) is 11.1 Å². The molecule has 0 aromatic carbocycles. The van der Waals surface area contributed by atoms with Gasteiger partial charge in [0.2, 0.25) is 0 Å². The average Bonchev–Trinajstić information content (AvgIpc) is 2.14. The van der Waals surface area contributed by atoms with Crippen LogP contribution in [-0.2, 0) is 0 Å². The van der Waals surface area contributed by atoms with Crippen LogP contribution in [-0.4, -0.2) is 12.5 Å². The number of nitrogens with zero attached hydrogens (tertiary/aromatic N) is 1. The number of rotatable bonds is 1. The second kappa shape index (κ2) is 2.17. The van der Waals surface area contributed by atoms with Crippen LogP contribution >= 0.6 is 11.8 Å². The van der Waals surface area contributed by atoms with E-state index in [-0.39, 0.29) is 0 Å². The van der Waals surface area contributed by atoms with Gasteiger partial charge in [-0.15, -0.1) is 11.8 Å². The maximum atomic E-state index is 4.05. The fourth-order valence-corrected chi connectivity index (χ4v) is 0.928. The van der Waals surface area contributed by atoms with Crippen LogP contribution in [0.4, 0.5) is 0 Å². The number of aliphatic imine (C=N–C) groups is 1. The van der Waals surface area contributed by atoms with Gasteiger partial charge in [0.05, 0.1) is 5.03 Å². The topological polar surface area (TPSA) is 12.4 Å². The van der Waals surface area contributed by atoms with Crippen molar-refractivity contribution in [1.82, 2.24) is 0 Å². The minimum Gasteiger partial charge on any atom is -0.254 e. The third-order valence-corrected chi connectivity index (χ3v) is 1.52. The minimum atomic E-state index is 1.02. The Kier molecular flexibility index (Phi) is 1.52. The van der Waals surface area contributed by atoms with Gasteiger partial charge in [-0.2, -0.15) is 0 Å². The molecule has 0 atom stereocenters. The van der Waals surface area contributed by atoms with Crippen LogP contribution in [0.2, 0.25) is 0 Å². The van der Waals surface area contributed by atoms with Crippen LogP contribution in [0.3, 0.4) is 0 Å². The molecule has 2 heteroatoms. The van der Waals surface area contributed by atoms with Gasteiger partial charge in [0.15, 0.2) is 0 Å². The smallest absolute Gasteiger partial charge is 0.0917 e. The summed E-state index contributed by atoms with van der Waals surface area (Å²) < 4.78 is 0. The van der Waals surface area contributed by atoms with Crippen molar-refractivity contribution in [3.05, 3.63) is 11.1 Å². The van der Waals surface area contributed by atoms with Crippen LogP contribution in [0.5, 0.6) is 0 Å². The first-order chi connectivity index (χ1) is 3.43. The quantitative estimate of drug-likeness (QED) is 0.504. The van der Waals surface area contributed by atoms with E-state index < -0.39 is 0 Å². The summed E-state index contributed by atoms with van der Waals surface area (Å²) in [5.74, 6) is 0. The van der Waals surface area contributed by atoms with Crippen molar-refractivity contribution >= 4 is 18.0 Å². The molecule has 0 unspecified atom stereocenters. The van der Waals surface area contributed by atoms with Crippen molar-refractivity contribution in [2.75, 3.05) is 6.26 Å². The predicted molar refractivity (Wildman–Crippen MR) is 34.7 cm³/mol. The zero-order valence-electron chi connectivity index (χ0n) is 4.22. The molecule has 0 bridgehead atoms. The first kappa shape index (κ1) is 4.91. The molecular formula is C5H7NS. The molecule has 7 heavy (non-hydrogen) atoms. The Balaban J connectivity index is 2.52. The normalized spacial score (nSPS) is 17.6. The van der Waals surface area contributed by atoms with Gasteiger partial charge in [-0.05, 0) is 12.3 Å². The predicted octanol–water partition coefficient (Wildman–Crippen LogP) is 1.67. The number of hydrogen-bond donors (Lipinski definition) is 0. The van der Waals surface area contributed by atoms with E-state index in [4.69, 9.17) is 0 Å². The van der Waals surface area contributed by atoms with Gasteiger partial charge in [0.25, 0.3) is 0 Å². The molecule has 0 saturated carbocycles. The molecule has 0 amide bonds. The summed E-state index contributed by atoms with van der Waals surface area (Å²) in [4.78, 5) is 4.05. The van der Waals surface area contributed by atoms with Crippen LogP contribution in [0.15, 0.2) is 16.1 Å². The molecule has 0 spiro atoms. The second-order valence-corrected chi connectivity index (χ2v) is 2.12. The van der Waals surface area contributed by atoms with Gasteiger partial charge < -0.3 is 0 Å². The van der Waals surface area contributed by atoms with Crippen LogP contribution in [0.25, 0.3) is 0 Å². The fourth-order valence-electron chi connectivity index (χ4n) is 0.485. The lowest BCUT2D eigenvalue weighted by atomic mass is 10.5. The standard InChI is InChI=1S/C5H7NS/c1-7-5-3-2-4-6-5/h3-4H,2H2,1H3. The third-order valence-electron chi connectivity index (χ3n) is 0.826. The number of hydrogen-bond acceptors (Lipinski definition) is 2. The first-order valence-electron chi connectivity index (χ1n) is 2.20. The molecule has 0 aromatic heterocycles. The molecule has 0 aliphatic carbocycles. The lowest BCUT2D eigenvalue weighted by molar-refractivity contribution is 1.57. The SMILES string of the molecule is CSC1=CCC=N1. The van der Waals surface area contributed by atoms with Gasteiger partial charge >= 0.3 is 0 Å². The van der Waals surface area contributed by atoms with Crippen LogP contribution < -0.4 is 0 Å². The van der Waals surface area contributed by atoms with Crippen molar-refractivity contribution in [2.24, 2.45) is 4.99 Å². The zero-order valence-corrected chi connectivity index (χ0v) is 5.03. The van der Waals surface area contributed by atoms with Crippen LogP contribution in [0, 0.1) is 0 Å². The molecular weight excluding hydrogens is 106 g/mol. The Hall–Kier alpha value is -0.240. The largest absolute Gasteiger partial charge is 0.254 e. The van der Waals surface area contributed by atoms with E-state index in [1.54, 1.807) is 11.8 Å².